The van der Waals surface area contributed by atoms with Crippen LogP contribution in [0.3, 0.4) is 0 Å². The summed E-state index contributed by atoms with van der Waals surface area (Å²) in [6, 6.07) is 0. The highest BCUT2D eigenvalue weighted by molar-refractivity contribution is 4.76. The quantitative estimate of drug-likeness (QED) is 0.671. The molecule has 15 heavy (non-hydrogen) atoms. The molecule has 1 aliphatic heterocycles. The van der Waals surface area contributed by atoms with Crippen LogP contribution in [0.25, 0.3) is 0 Å². The van der Waals surface area contributed by atoms with Crippen molar-refractivity contribution in [2.45, 2.75) is 65.2 Å². The van der Waals surface area contributed by atoms with E-state index in [2.05, 4.69) is 19.2 Å². The van der Waals surface area contributed by atoms with Crippen molar-refractivity contribution in [2.24, 2.45) is 11.8 Å². The van der Waals surface area contributed by atoms with Crippen molar-refractivity contribution < 1.29 is 0 Å². The second-order valence-electron chi connectivity index (χ2n) is 5.15. The Labute approximate surface area is 96.0 Å². The summed E-state index contributed by atoms with van der Waals surface area (Å²) in [7, 11) is 0. The standard InChI is InChI=1S/C14H29N/c1-3-5-8-13(9-6-4-2)14-10-7-11-15-12-14/h13-15H,3-12H2,1-2H3. The summed E-state index contributed by atoms with van der Waals surface area (Å²) in [5, 5.41) is 3.57. The largest absolute Gasteiger partial charge is 0.316 e. The summed E-state index contributed by atoms with van der Waals surface area (Å²) in [5.74, 6) is 1.99. The van der Waals surface area contributed by atoms with E-state index < -0.39 is 0 Å². The zero-order chi connectivity index (χ0) is 10.9. The molecular formula is C14H29N. The Balaban J connectivity index is 2.30. The highest BCUT2D eigenvalue weighted by Crippen LogP contribution is 2.28. The first-order chi connectivity index (χ1) is 7.38. The van der Waals surface area contributed by atoms with Gasteiger partial charge in [-0.1, -0.05) is 52.4 Å². The van der Waals surface area contributed by atoms with E-state index in [0.717, 1.165) is 11.8 Å². The molecule has 1 atom stereocenters. The molecule has 0 amide bonds. The molecule has 0 saturated carbocycles. The third-order valence-electron chi connectivity index (χ3n) is 3.86. The SMILES string of the molecule is CCCCC(CCCC)C1CCCNC1. The lowest BCUT2D eigenvalue weighted by Gasteiger charge is -2.31. The minimum absolute atomic E-state index is 0.983. The van der Waals surface area contributed by atoms with Gasteiger partial charge in [0, 0.05) is 0 Å². The summed E-state index contributed by atoms with van der Waals surface area (Å²) < 4.78 is 0. The van der Waals surface area contributed by atoms with E-state index in [1.807, 2.05) is 0 Å². The van der Waals surface area contributed by atoms with Crippen LogP contribution in [0.2, 0.25) is 0 Å². The lowest BCUT2D eigenvalue weighted by Crippen LogP contribution is -2.34. The van der Waals surface area contributed by atoms with Gasteiger partial charge in [-0.2, -0.15) is 0 Å². The van der Waals surface area contributed by atoms with Gasteiger partial charge in [0.25, 0.3) is 0 Å². The van der Waals surface area contributed by atoms with Crippen molar-refractivity contribution in [1.29, 1.82) is 0 Å². The first kappa shape index (κ1) is 13.0. The van der Waals surface area contributed by atoms with Crippen LogP contribution in [0.5, 0.6) is 0 Å². The molecule has 1 rings (SSSR count). The molecule has 1 heteroatoms. The second kappa shape index (κ2) is 8.15. The Morgan fingerprint density at radius 3 is 2.27 bits per heavy atom. The van der Waals surface area contributed by atoms with Crippen LogP contribution in [0.1, 0.15) is 65.2 Å². The highest BCUT2D eigenvalue weighted by Gasteiger charge is 2.22. The number of rotatable bonds is 7. The molecule has 1 aliphatic rings. The molecule has 1 N–H and O–H groups in total. The van der Waals surface area contributed by atoms with Crippen LogP contribution < -0.4 is 5.32 Å². The Morgan fingerprint density at radius 1 is 1.13 bits per heavy atom. The second-order valence-corrected chi connectivity index (χ2v) is 5.15. The molecular weight excluding hydrogens is 182 g/mol. The molecule has 0 aromatic carbocycles. The maximum Gasteiger partial charge on any atom is -0.00179 e. The van der Waals surface area contributed by atoms with E-state index in [1.54, 1.807) is 0 Å². The number of unbranched alkanes of at least 4 members (excludes halogenated alkanes) is 2. The number of hydrogen-bond acceptors (Lipinski definition) is 1. The van der Waals surface area contributed by atoms with Crippen molar-refractivity contribution in [1.82, 2.24) is 5.32 Å². The monoisotopic (exact) mass is 211 g/mol. The lowest BCUT2D eigenvalue weighted by atomic mass is 9.80. The summed E-state index contributed by atoms with van der Waals surface area (Å²) in [6.45, 7) is 7.18. The third kappa shape index (κ3) is 5.01. The number of piperidine rings is 1. The van der Waals surface area contributed by atoms with Gasteiger partial charge in [0.2, 0.25) is 0 Å². The van der Waals surface area contributed by atoms with Gasteiger partial charge >= 0.3 is 0 Å². The van der Waals surface area contributed by atoms with Crippen LogP contribution in [0.15, 0.2) is 0 Å². The summed E-state index contributed by atoms with van der Waals surface area (Å²) in [5.41, 5.74) is 0. The fourth-order valence-corrected chi connectivity index (χ4v) is 2.83. The van der Waals surface area contributed by atoms with Crippen LogP contribution in [-0.2, 0) is 0 Å². The highest BCUT2D eigenvalue weighted by atomic mass is 14.9. The Bertz CT molecular complexity index is 130. The number of nitrogens with one attached hydrogen (secondary N) is 1. The summed E-state index contributed by atoms with van der Waals surface area (Å²) in [4.78, 5) is 0. The van der Waals surface area contributed by atoms with Crippen molar-refractivity contribution in [3.63, 3.8) is 0 Å². The zero-order valence-electron chi connectivity index (χ0n) is 10.7. The van der Waals surface area contributed by atoms with E-state index in [-0.39, 0.29) is 0 Å². The molecule has 90 valence electrons. The first-order valence-corrected chi connectivity index (χ1v) is 7.09. The van der Waals surface area contributed by atoms with Crippen molar-refractivity contribution in [3.8, 4) is 0 Å². The van der Waals surface area contributed by atoms with E-state index in [1.165, 1.54) is 64.5 Å². The molecule has 1 fully saturated rings. The fraction of sp³-hybridized carbons (Fsp3) is 1.00. The number of hydrogen-bond donors (Lipinski definition) is 1. The Hall–Kier alpha value is -0.0400. The van der Waals surface area contributed by atoms with E-state index in [0.29, 0.717) is 0 Å². The Kier molecular flexibility index (Phi) is 7.08. The minimum atomic E-state index is 0.983. The fourth-order valence-electron chi connectivity index (χ4n) is 2.83. The molecule has 0 aromatic heterocycles. The van der Waals surface area contributed by atoms with Gasteiger partial charge in [0.15, 0.2) is 0 Å². The van der Waals surface area contributed by atoms with Gasteiger partial charge in [-0.25, -0.2) is 0 Å². The lowest BCUT2D eigenvalue weighted by molar-refractivity contribution is 0.230. The summed E-state index contributed by atoms with van der Waals surface area (Å²) >= 11 is 0. The van der Waals surface area contributed by atoms with E-state index >= 15 is 0 Å². The van der Waals surface area contributed by atoms with Gasteiger partial charge in [-0.05, 0) is 37.8 Å². The smallest absolute Gasteiger partial charge is 0.00179 e. The van der Waals surface area contributed by atoms with Crippen LogP contribution in [0, 0.1) is 11.8 Å². The average molecular weight is 211 g/mol. The Morgan fingerprint density at radius 2 is 1.80 bits per heavy atom. The maximum atomic E-state index is 3.57. The third-order valence-corrected chi connectivity index (χ3v) is 3.86. The predicted molar refractivity (Wildman–Crippen MR) is 68.1 cm³/mol. The normalized spacial score (nSPS) is 22.2. The molecule has 1 heterocycles. The van der Waals surface area contributed by atoms with Gasteiger partial charge in [-0.15, -0.1) is 0 Å². The van der Waals surface area contributed by atoms with Crippen molar-refractivity contribution >= 4 is 0 Å². The average Bonchev–Trinajstić information content (AvgIpc) is 2.30. The van der Waals surface area contributed by atoms with E-state index in [4.69, 9.17) is 0 Å². The molecule has 0 bridgehead atoms. The van der Waals surface area contributed by atoms with Gasteiger partial charge in [0.05, 0.1) is 0 Å². The van der Waals surface area contributed by atoms with Crippen LogP contribution in [-0.4, -0.2) is 13.1 Å². The molecule has 0 aliphatic carbocycles. The van der Waals surface area contributed by atoms with Crippen LogP contribution in [0.4, 0.5) is 0 Å². The van der Waals surface area contributed by atoms with Gasteiger partial charge < -0.3 is 5.32 Å². The van der Waals surface area contributed by atoms with Gasteiger partial charge in [0.1, 0.15) is 0 Å². The predicted octanol–water partition coefficient (Wildman–Crippen LogP) is 3.98. The minimum Gasteiger partial charge on any atom is -0.316 e. The van der Waals surface area contributed by atoms with Crippen molar-refractivity contribution in [2.75, 3.05) is 13.1 Å². The molecule has 0 radical (unpaired) electrons. The molecule has 1 saturated heterocycles. The first-order valence-electron chi connectivity index (χ1n) is 7.09. The topological polar surface area (TPSA) is 12.0 Å². The van der Waals surface area contributed by atoms with Crippen molar-refractivity contribution in [3.05, 3.63) is 0 Å². The van der Waals surface area contributed by atoms with Gasteiger partial charge in [-0.3, -0.25) is 0 Å². The maximum absolute atomic E-state index is 3.57. The molecule has 0 spiro atoms. The van der Waals surface area contributed by atoms with E-state index in [9.17, 15) is 0 Å². The van der Waals surface area contributed by atoms with Crippen LogP contribution >= 0.6 is 0 Å². The molecule has 1 nitrogen and oxygen atoms in total. The molecule has 1 unspecified atom stereocenters. The molecule has 0 aromatic rings. The summed E-state index contributed by atoms with van der Waals surface area (Å²) in [6.07, 6.45) is 11.4. The zero-order valence-corrected chi connectivity index (χ0v) is 10.7.